The van der Waals surface area contributed by atoms with E-state index < -0.39 is 0 Å². The standard InChI is InChI=1S/C18H22N2OS/c1-13-7-5-6-10-16(13)20-17(21)11-15-12-22-18(19-15)14-8-3-2-4-9-14/h2-4,8-9,12-13,16H,5-7,10-11H2,1H3,(H,20,21)/t13-,16+/m1/s1. The summed E-state index contributed by atoms with van der Waals surface area (Å²) in [4.78, 5) is 16.8. The van der Waals surface area contributed by atoms with Crippen LogP contribution in [0.1, 0.15) is 38.3 Å². The van der Waals surface area contributed by atoms with Gasteiger partial charge in [-0.2, -0.15) is 0 Å². The Bertz CT molecular complexity index is 623. The number of amides is 1. The number of nitrogens with zero attached hydrogens (tertiary/aromatic N) is 1. The van der Waals surface area contributed by atoms with Crippen LogP contribution in [0.3, 0.4) is 0 Å². The third-order valence-corrected chi connectivity index (χ3v) is 5.31. The number of nitrogens with one attached hydrogen (secondary N) is 1. The van der Waals surface area contributed by atoms with Gasteiger partial charge in [-0.15, -0.1) is 11.3 Å². The van der Waals surface area contributed by atoms with E-state index in [0.717, 1.165) is 22.7 Å². The highest BCUT2D eigenvalue weighted by molar-refractivity contribution is 7.13. The van der Waals surface area contributed by atoms with Crippen LogP contribution in [-0.2, 0) is 11.2 Å². The molecule has 2 atom stereocenters. The van der Waals surface area contributed by atoms with Crippen LogP contribution in [0.15, 0.2) is 35.7 Å². The van der Waals surface area contributed by atoms with Crippen LogP contribution in [0.4, 0.5) is 0 Å². The fourth-order valence-electron chi connectivity index (χ4n) is 3.05. The van der Waals surface area contributed by atoms with Crippen molar-refractivity contribution in [3.63, 3.8) is 0 Å². The monoisotopic (exact) mass is 314 g/mol. The van der Waals surface area contributed by atoms with Crippen LogP contribution in [0, 0.1) is 5.92 Å². The minimum absolute atomic E-state index is 0.101. The van der Waals surface area contributed by atoms with Crippen molar-refractivity contribution in [2.24, 2.45) is 5.92 Å². The molecule has 116 valence electrons. The first-order chi connectivity index (χ1) is 10.7. The molecule has 0 saturated heterocycles. The Balaban J connectivity index is 1.59. The second-order valence-electron chi connectivity index (χ2n) is 6.12. The largest absolute Gasteiger partial charge is 0.353 e. The van der Waals surface area contributed by atoms with Crippen molar-refractivity contribution >= 4 is 17.2 Å². The van der Waals surface area contributed by atoms with Gasteiger partial charge in [-0.25, -0.2) is 4.98 Å². The van der Waals surface area contributed by atoms with E-state index in [4.69, 9.17) is 0 Å². The van der Waals surface area contributed by atoms with E-state index in [1.807, 2.05) is 35.7 Å². The Morgan fingerprint density at radius 3 is 2.82 bits per heavy atom. The molecule has 4 heteroatoms. The molecule has 1 N–H and O–H groups in total. The average Bonchev–Trinajstić information content (AvgIpc) is 2.99. The van der Waals surface area contributed by atoms with Crippen LogP contribution in [0.25, 0.3) is 10.6 Å². The lowest BCUT2D eigenvalue weighted by atomic mass is 9.86. The Kier molecular flexibility index (Phi) is 4.88. The summed E-state index contributed by atoms with van der Waals surface area (Å²) in [6.45, 7) is 2.24. The van der Waals surface area contributed by atoms with E-state index in [1.54, 1.807) is 11.3 Å². The Hall–Kier alpha value is -1.68. The van der Waals surface area contributed by atoms with Crippen molar-refractivity contribution < 1.29 is 4.79 Å². The molecule has 1 amide bonds. The van der Waals surface area contributed by atoms with Crippen molar-refractivity contribution in [2.75, 3.05) is 0 Å². The predicted octanol–water partition coefficient (Wildman–Crippen LogP) is 4.05. The molecule has 0 unspecified atom stereocenters. The maximum atomic E-state index is 12.2. The molecule has 1 aliphatic rings. The van der Waals surface area contributed by atoms with E-state index in [1.165, 1.54) is 19.3 Å². The van der Waals surface area contributed by atoms with Gasteiger partial charge in [0.25, 0.3) is 0 Å². The fourth-order valence-corrected chi connectivity index (χ4v) is 3.88. The molecule has 1 aromatic carbocycles. The summed E-state index contributed by atoms with van der Waals surface area (Å²) in [6, 6.07) is 10.4. The van der Waals surface area contributed by atoms with Crippen LogP contribution in [0.2, 0.25) is 0 Å². The molecule has 1 heterocycles. The molecule has 0 spiro atoms. The first-order valence-electron chi connectivity index (χ1n) is 8.01. The number of hydrogen-bond acceptors (Lipinski definition) is 3. The number of carbonyl (C=O) groups excluding carboxylic acids is 1. The van der Waals surface area contributed by atoms with E-state index in [0.29, 0.717) is 18.4 Å². The third-order valence-electron chi connectivity index (χ3n) is 4.37. The summed E-state index contributed by atoms with van der Waals surface area (Å²) in [6.07, 6.45) is 5.23. The number of thiazole rings is 1. The highest BCUT2D eigenvalue weighted by atomic mass is 32.1. The van der Waals surface area contributed by atoms with Crippen molar-refractivity contribution in [3.8, 4) is 10.6 Å². The predicted molar refractivity (Wildman–Crippen MR) is 90.8 cm³/mol. The van der Waals surface area contributed by atoms with Gasteiger partial charge in [-0.05, 0) is 18.8 Å². The second kappa shape index (κ2) is 7.05. The lowest BCUT2D eigenvalue weighted by Crippen LogP contribution is -2.41. The molecule has 3 rings (SSSR count). The van der Waals surface area contributed by atoms with Gasteiger partial charge in [0.15, 0.2) is 0 Å². The SMILES string of the molecule is C[C@@H]1CCCC[C@@H]1NC(=O)Cc1csc(-c2ccccc2)n1. The third kappa shape index (κ3) is 3.74. The molecular formula is C18H22N2OS. The zero-order valence-corrected chi connectivity index (χ0v) is 13.7. The summed E-state index contributed by atoms with van der Waals surface area (Å²) in [5, 5.41) is 6.17. The molecule has 1 fully saturated rings. The molecule has 1 saturated carbocycles. The molecule has 2 aromatic rings. The van der Waals surface area contributed by atoms with Gasteiger partial charge < -0.3 is 5.32 Å². The van der Waals surface area contributed by atoms with Crippen LogP contribution < -0.4 is 5.32 Å². The number of hydrogen-bond donors (Lipinski definition) is 1. The maximum Gasteiger partial charge on any atom is 0.226 e. The Morgan fingerprint density at radius 2 is 2.05 bits per heavy atom. The van der Waals surface area contributed by atoms with Gasteiger partial charge >= 0.3 is 0 Å². The van der Waals surface area contributed by atoms with Gasteiger partial charge in [0.05, 0.1) is 12.1 Å². The van der Waals surface area contributed by atoms with Gasteiger partial charge in [-0.1, -0.05) is 50.1 Å². The summed E-state index contributed by atoms with van der Waals surface area (Å²) < 4.78 is 0. The highest BCUT2D eigenvalue weighted by Crippen LogP contribution is 2.25. The molecule has 22 heavy (non-hydrogen) atoms. The van der Waals surface area contributed by atoms with Crippen LogP contribution in [-0.4, -0.2) is 16.9 Å². The minimum atomic E-state index is 0.101. The molecule has 3 nitrogen and oxygen atoms in total. The number of aromatic nitrogens is 1. The summed E-state index contributed by atoms with van der Waals surface area (Å²) >= 11 is 1.60. The quantitative estimate of drug-likeness (QED) is 0.925. The van der Waals surface area contributed by atoms with Crippen molar-refractivity contribution in [2.45, 2.75) is 45.1 Å². The average molecular weight is 314 g/mol. The topological polar surface area (TPSA) is 42.0 Å². The smallest absolute Gasteiger partial charge is 0.226 e. The zero-order valence-electron chi connectivity index (χ0n) is 12.9. The zero-order chi connectivity index (χ0) is 15.4. The molecule has 0 radical (unpaired) electrons. The van der Waals surface area contributed by atoms with E-state index in [2.05, 4.69) is 17.2 Å². The first kappa shape index (κ1) is 15.2. The van der Waals surface area contributed by atoms with E-state index in [-0.39, 0.29) is 5.91 Å². The van der Waals surface area contributed by atoms with Crippen LogP contribution in [0.5, 0.6) is 0 Å². The first-order valence-corrected chi connectivity index (χ1v) is 8.89. The minimum Gasteiger partial charge on any atom is -0.353 e. The van der Waals surface area contributed by atoms with Gasteiger partial charge in [-0.3, -0.25) is 4.79 Å². The molecule has 0 bridgehead atoms. The Labute approximate surface area is 135 Å². The highest BCUT2D eigenvalue weighted by Gasteiger charge is 2.23. The molecule has 1 aliphatic carbocycles. The lowest BCUT2D eigenvalue weighted by molar-refractivity contribution is -0.121. The van der Waals surface area contributed by atoms with Crippen molar-refractivity contribution in [3.05, 3.63) is 41.4 Å². The second-order valence-corrected chi connectivity index (χ2v) is 6.98. The number of benzene rings is 1. The van der Waals surface area contributed by atoms with E-state index in [9.17, 15) is 4.79 Å². The van der Waals surface area contributed by atoms with Crippen molar-refractivity contribution in [1.82, 2.24) is 10.3 Å². The molecular weight excluding hydrogens is 292 g/mol. The lowest BCUT2D eigenvalue weighted by Gasteiger charge is -2.29. The molecule has 0 aliphatic heterocycles. The Morgan fingerprint density at radius 1 is 1.27 bits per heavy atom. The van der Waals surface area contributed by atoms with Crippen molar-refractivity contribution in [1.29, 1.82) is 0 Å². The van der Waals surface area contributed by atoms with Crippen LogP contribution >= 0.6 is 11.3 Å². The van der Waals surface area contributed by atoms with Gasteiger partial charge in [0.2, 0.25) is 5.91 Å². The number of rotatable bonds is 4. The summed E-state index contributed by atoms with van der Waals surface area (Å²) in [7, 11) is 0. The van der Waals surface area contributed by atoms with E-state index >= 15 is 0 Å². The summed E-state index contributed by atoms with van der Waals surface area (Å²) in [5.41, 5.74) is 1.98. The summed E-state index contributed by atoms with van der Waals surface area (Å²) in [5.74, 6) is 0.691. The maximum absolute atomic E-state index is 12.2. The number of carbonyl (C=O) groups is 1. The molecule has 1 aromatic heterocycles. The van der Waals surface area contributed by atoms with Gasteiger partial charge in [0.1, 0.15) is 5.01 Å². The van der Waals surface area contributed by atoms with Gasteiger partial charge in [0, 0.05) is 17.0 Å². The fraction of sp³-hybridized carbons (Fsp3) is 0.444. The normalized spacial score (nSPS) is 21.5.